The maximum Gasteiger partial charge on any atom is 0.335 e. The molecule has 0 fully saturated rings. The molecule has 0 radical (unpaired) electrons. The molecule has 2 aromatic heterocycles. The lowest BCUT2D eigenvalue weighted by Crippen LogP contribution is -2.23. The van der Waals surface area contributed by atoms with E-state index in [4.69, 9.17) is 5.11 Å². The Hall–Kier alpha value is -4.53. The second-order valence-electron chi connectivity index (χ2n) is 7.30. The number of carbonyl (C=O) groups is 3. The molecule has 33 heavy (non-hydrogen) atoms. The molecule has 2 aromatic carbocycles. The zero-order valence-electron chi connectivity index (χ0n) is 17.3. The number of hydrogen-bond acceptors (Lipinski definition) is 4. The van der Waals surface area contributed by atoms with Gasteiger partial charge in [-0.3, -0.25) is 9.59 Å². The average Bonchev–Trinajstić information content (AvgIpc) is 3.26. The number of carboxylic acid groups (broad SMARTS) is 1. The minimum absolute atomic E-state index is 0.174. The number of rotatable bonds is 7. The van der Waals surface area contributed by atoms with Crippen molar-refractivity contribution in [2.45, 2.75) is 13.1 Å². The largest absolute Gasteiger partial charge is 0.478 e. The fourth-order valence-electron chi connectivity index (χ4n) is 3.16. The Morgan fingerprint density at radius 1 is 0.788 bits per heavy atom. The van der Waals surface area contributed by atoms with Crippen molar-refractivity contribution in [1.82, 2.24) is 20.0 Å². The van der Waals surface area contributed by atoms with Crippen molar-refractivity contribution >= 4 is 23.4 Å². The van der Waals surface area contributed by atoms with E-state index in [0.717, 1.165) is 11.1 Å². The van der Waals surface area contributed by atoms with Crippen LogP contribution in [-0.4, -0.2) is 32.3 Å². The Morgan fingerprint density at radius 2 is 1.36 bits per heavy atom. The molecule has 2 amide bonds. The lowest BCUT2D eigenvalue weighted by molar-refractivity contribution is 0.0696. The summed E-state index contributed by atoms with van der Waals surface area (Å²) in [4.78, 5) is 40.1. The highest BCUT2D eigenvalue weighted by atomic mass is 19.1. The number of pyridine rings is 1. The van der Waals surface area contributed by atoms with Crippen molar-refractivity contribution in [2.24, 2.45) is 0 Å². The van der Waals surface area contributed by atoms with Crippen LogP contribution < -0.4 is 10.6 Å². The van der Waals surface area contributed by atoms with Gasteiger partial charge in [-0.1, -0.05) is 24.3 Å². The highest BCUT2D eigenvalue weighted by molar-refractivity contribution is 5.95. The van der Waals surface area contributed by atoms with Crippen LogP contribution in [0.3, 0.4) is 0 Å². The Kier molecular flexibility index (Phi) is 6.12. The number of aromatic nitrogens is 2. The molecular formula is C24H19FN4O4. The summed E-state index contributed by atoms with van der Waals surface area (Å²) in [5.74, 6) is -2.07. The predicted molar refractivity (Wildman–Crippen MR) is 117 cm³/mol. The number of aromatic carboxylic acids is 1. The van der Waals surface area contributed by atoms with Gasteiger partial charge >= 0.3 is 5.97 Å². The minimum atomic E-state index is -1.01. The summed E-state index contributed by atoms with van der Waals surface area (Å²) < 4.78 is 14.6. The molecule has 0 spiro atoms. The zero-order valence-corrected chi connectivity index (χ0v) is 17.3. The van der Waals surface area contributed by atoms with Crippen LogP contribution in [0.25, 0.3) is 5.65 Å². The first-order valence-corrected chi connectivity index (χ1v) is 10.0. The van der Waals surface area contributed by atoms with Gasteiger partial charge in [0.15, 0.2) is 0 Å². The maximum absolute atomic E-state index is 13.0. The predicted octanol–water partition coefficient (Wildman–Crippen LogP) is 3.03. The molecule has 0 aliphatic heterocycles. The van der Waals surface area contributed by atoms with E-state index in [1.165, 1.54) is 30.5 Å². The number of nitrogens with zero attached hydrogens (tertiary/aromatic N) is 2. The van der Waals surface area contributed by atoms with Crippen molar-refractivity contribution in [3.8, 4) is 0 Å². The molecule has 0 saturated heterocycles. The second-order valence-corrected chi connectivity index (χ2v) is 7.30. The van der Waals surface area contributed by atoms with Crippen LogP contribution in [-0.2, 0) is 13.1 Å². The van der Waals surface area contributed by atoms with Crippen LogP contribution in [0.4, 0.5) is 4.39 Å². The molecule has 0 aliphatic carbocycles. The molecule has 0 unspecified atom stereocenters. The summed E-state index contributed by atoms with van der Waals surface area (Å²) >= 11 is 0. The highest BCUT2D eigenvalue weighted by Crippen LogP contribution is 2.10. The van der Waals surface area contributed by atoms with Crippen LogP contribution in [0.1, 0.15) is 42.3 Å². The number of hydrogen-bond donors (Lipinski definition) is 3. The number of halogens is 1. The third-order valence-electron chi connectivity index (χ3n) is 4.97. The molecule has 8 nitrogen and oxygen atoms in total. The van der Waals surface area contributed by atoms with Crippen LogP contribution in [0.15, 0.2) is 73.1 Å². The van der Waals surface area contributed by atoms with Gasteiger partial charge in [0.25, 0.3) is 11.8 Å². The summed E-state index contributed by atoms with van der Waals surface area (Å²) in [6.45, 7) is 0.464. The summed E-state index contributed by atoms with van der Waals surface area (Å²) in [7, 11) is 0. The topological polar surface area (TPSA) is 113 Å². The standard InChI is InChI=1S/C24H19FN4O4/c25-19-8-3-16(4-9-19)12-27-23(31)20-14-29-13-18(7-10-21(29)28-20)22(30)26-11-15-1-5-17(6-2-15)24(32)33/h1-10,13-14H,11-12H2,(H,26,30)(H,27,31)(H,32,33). The quantitative estimate of drug-likeness (QED) is 0.404. The second kappa shape index (κ2) is 9.31. The first kappa shape index (κ1) is 21.7. The number of benzene rings is 2. The average molecular weight is 446 g/mol. The van der Waals surface area contributed by atoms with E-state index in [1.807, 2.05) is 0 Å². The van der Waals surface area contributed by atoms with Crippen LogP contribution in [0, 0.1) is 5.82 Å². The fraction of sp³-hybridized carbons (Fsp3) is 0.0833. The van der Waals surface area contributed by atoms with Crippen molar-refractivity contribution < 1.29 is 23.9 Å². The Labute approximate surface area is 187 Å². The minimum Gasteiger partial charge on any atom is -0.478 e. The summed E-state index contributed by atoms with van der Waals surface area (Å²) in [6, 6.07) is 15.3. The molecule has 0 saturated carbocycles. The fourth-order valence-corrected chi connectivity index (χ4v) is 3.16. The van der Waals surface area contributed by atoms with Crippen molar-refractivity contribution in [2.75, 3.05) is 0 Å². The zero-order chi connectivity index (χ0) is 23.4. The van der Waals surface area contributed by atoms with Gasteiger partial charge in [-0.2, -0.15) is 0 Å². The van der Waals surface area contributed by atoms with Crippen LogP contribution >= 0.6 is 0 Å². The van der Waals surface area contributed by atoms with E-state index in [0.29, 0.717) is 11.2 Å². The van der Waals surface area contributed by atoms with Gasteiger partial charge in [0.05, 0.1) is 11.1 Å². The first-order chi connectivity index (χ1) is 15.9. The highest BCUT2D eigenvalue weighted by Gasteiger charge is 2.13. The number of fused-ring (bicyclic) bond motifs is 1. The number of carbonyl (C=O) groups excluding carboxylic acids is 2. The van der Waals surface area contributed by atoms with Gasteiger partial charge < -0.3 is 20.1 Å². The normalized spacial score (nSPS) is 10.7. The molecule has 4 rings (SSSR count). The van der Waals surface area contributed by atoms with E-state index in [9.17, 15) is 18.8 Å². The number of imidazole rings is 1. The summed E-state index contributed by atoms with van der Waals surface area (Å²) in [6.07, 6.45) is 3.10. The van der Waals surface area contributed by atoms with Gasteiger partial charge in [-0.25, -0.2) is 14.2 Å². The van der Waals surface area contributed by atoms with Gasteiger partial charge in [0.2, 0.25) is 0 Å². The van der Waals surface area contributed by atoms with Crippen molar-refractivity contribution in [3.63, 3.8) is 0 Å². The third-order valence-corrected chi connectivity index (χ3v) is 4.97. The smallest absolute Gasteiger partial charge is 0.335 e. The van der Waals surface area contributed by atoms with E-state index in [2.05, 4.69) is 15.6 Å². The molecule has 2 heterocycles. The summed E-state index contributed by atoms with van der Waals surface area (Å²) in [5, 5.41) is 14.4. The van der Waals surface area contributed by atoms with E-state index in [-0.39, 0.29) is 42.0 Å². The molecular weight excluding hydrogens is 427 g/mol. The lowest BCUT2D eigenvalue weighted by atomic mass is 10.1. The molecule has 0 bridgehead atoms. The SMILES string of the molecule is O=C(O)c1ccc(CNC(=O)c2ccc3nc(C(=O)NCc4ccc(F)cc4)cn3c2)cc1. The Balaban J connectivity index is 1.39. The monoisotopic (exact) mass is 446 g/mol. The molecule has 0 aliphatic rings. The van der Waals surface area contributed by atoms with Crippen molar-refractivity contribution in [1.29, 1.82) is 0 Å². The molecule has 166 valence electrons. The molecule has 3 N–H and O–H groups in total. The van der Waals surface area contributed by atoms with Crippen molar-refractivity contribution in [3.05, 3.63) is 107 Å². The van der Waals surface area contributed by atoms with Crippen LogP contribution in [0.5, 0.6) is 0 Å². The molecule has 4 aromatic rings. The molecule has 0 atom stereocenters. The number of carboxylic acids is 1. The van der Waals surface area contributed by atoms with E-state index in [1.54, 1.807) is 47.0 Å². The van der Waals surface area contributed by atoms with Crippen LogP contribution in [0.2, 0.25) is 0 Å². The third kappa shape index (κ3) is 5.21. The number of nitrogens with one attached hydrogen (secondary N) is 2. The summed E-state index contributed by atoms with van der Waals surface area (Å²) in [5.41, 5.74) is 2.76. The lowest BCUT2D eigenvalue weighted by Gasteiger charge is -2.06. The Morgan fingerprint density at radius 3 is 2.00 bits per heavy atom. The van der Waals surface area contributed by atoms with Gasteiger partial charge in [0, 0.05) is 25.5 Å². The molecule has 9 heteroatoms. The number of amides is 2. The van der Waals surface area contributed by atoms with E-state index < -0.39 is 5.97 Å². The van der Waals surface area contributed by atoms with Gasteiger partial charge in [-0.05, 0) is 47.5 Å². The van der Waals surface area contributed by atoms with Gasteiger partial charge in [-0.15, -0.1) is 0 Å². The Bertz CT molecular complexity index is 1330. The van der Waals surface area contributed by atoms with E-state index >= 15 is 0 Å². The first-order valence-electron chi connectivity index (χ1n) is 10.0. The maximum atomic E-state index is 13.0. The van der Waals surface area contributed by atoms with Gasteiger partial charge in [0.1, 0.15) is 17.2 Å².